The van der Waals surface area contributed by atoms with Gasteiger partial charge in [0.1, 0.15) is 0 Å². The molecule has 3 aromatic carbocycles. The highest BCUT2D eigenvalue weighted by Gasteiger charge is 2.26. The Balaban J connectivity index is 1.84. The molecule has 0 aromatic heterocycles. The lowest BCUT2D eigenvalue weighted by Gasteiger charge is -2.18. The van der Waals surface area contributed by atoms with Gasteiger partial charge in [-0.1, -0.05) is 54.1 Å². The highest BCUT2D eigenvalue weighted by molar-refractivity contribution is 5.98. The molecule has 0 aliphatic carbocycles. The summed E-state index contributed by atoms with van der Waals surface area (Å²) in [5.74, 6) is -1.13. The van der Waals surface area contributed by atoms with Crippen LogP contribution in [0.25, 0.3) is 0 Å². The molecule has 0 fully saturated rings. The summed E-state index contributed by atoms with van der Waals surface area (Å²) in [4.78, 5) is 25.4. The molecule has 0 heterocycles. The number of carbonyl (C=O) groups excluding carboxylic acids is 2. The summed E-state index contributed by atoms with van der Waals surface area (Å²) in [6, 6.07) is 24.3. The van der Waals surface area contributed by atoms with Crippen LogP contribution >= 0.6 is 0 Å². The number of esters is 1. The van der Waals surface area contributed by atoms with Crippen molar-refractivity contribution in [2.24, 2.45) is 0 Å². The standard InChI is InChI=1S/C23H18N2O3/c1-16-10-12-20(13-11-16)25-22(26)21(18-7-3-2-4-8-18)28-23(27)19-9-5-6-17(14-19)15-24/h2-14,21H,1H3,(H,25,26)/t21-/m0/s1. The number of ether oxygens (including phenoxy) is 1. The number of hydrogen-bond acceptors (Lipinski definition) is 4. The Bertz CT molecular complexity index is 1020. The van der Waals surface area contributed by atoms with E-state index in [0.717, 1.165) is 5.56 Å². The third-order valence-corrected chi connectivity index (χ3v) is 4.11. The smallest absolute Gasteiger partial charge is 0.339 e. The molecule has 0 saturated carbocycles. The van der Waals surface area contributed by atoms with Gasteiger partial charge in [0.05, 0.1) is 17.2 Å². The lowest BCUT2D eigenvalue weighted by molar-refractivity contribution is -0.125. The van der Waals surface area contributed by atoms with Gasteiger partial charge in [0.25, 0.3) is 5.91 Å². The fourth-order valence-corrected chi connectivity index (χ4v) is 2.64. The van der Waals surface area contributed by atoms with Gasteiger partial charge in [-0.15, -0.1) is 0 Å². The minimum absolute atomic E-state index is 0.211. The molecule has 1 N–H and O–H groups in total. The maximum atomic E-state index is 12.8. The molecule has 0 radical (unpaired) electrons. The van der Waals surface area contributed by atoms with Crippen molar-refractivity contribution in [3.8, 4) is 6.07 Å². The largest absolute Gasteiger partial charge is 0.444 e. The monoisotopic (exact) mass is 370 g/mol. The Morgan fingerprint density at radius 1 is 0.964 bits per heavy atom. The highest BCUT2D eigenvalue weighted by atomic mass is 16.5. The van der Waals surface area contributed by atoms with Crippen LogP contribution in [-0.2, 0) is 9.53 Å². The van der Waals surface area contributed by atoms with E-state index < -0.39 is 18.0 Å². The van der Waals surface area contributed by atoms with Crippen molar-refractivity contribution >= 4 is 17.6 Å². The van der Waals surface area contributed by atoms with Gasteiger partial charge in [0.2, 0.25) is 6.10 Å². The first-order chi connectivity index (χ1) is 13.6. The number of nitrogens with one attached hydrogen (secondary N) is 1. The maximum Gasteiger partial charge on any atom is 0.339 e. The van der Waals surface area contributed by atoms with Gasteiger partial charge >= 0.3 is 5.97 Å². The van der Waals surface area contributed by atoms with Crippen molar-refractivity contribution < 1.29 is 14.3 Å². The molecular weight excluding hydrogens is 352 g/mol. The molecule has 0 bridgehead atoms. The summed E-state index contributed by atoms with van der Waals surface area (Å²) in [6.07, 6.45) is -1.12. The van der Waals surface area contributed by atoms with E-state index in [4.69, 9.17) is 10.00 Å². The zero-order chi connectivity index (χ0) is 19.9. The van der Waals surface area contributed by atoms with Crippen molar-refractivity contribution in [1.82, 2.24) is 0 Å². The van der Waals surface area contributed by atoms with Crippen LogP contribution in [0, 0.1) is 18.3 Å². The lowest BCUT2D eigenvalue weighted by Crippen LogP contribution is -2.26. The third kappa shape index (κ3) is 4.63. The van der Waals surface area contributed by atoms with Gasteiger partial charge < -0.3 is 10.1 Å². The molecule has 0 unspecified atom stereocenters. The van der Waals surface area contributed by atoms with Crippen LogP contribution in [0.15, 0.2) is 78.9 Å². The van der Waals surface area contributed by atoms with E-state index in [1.807, 2.05) is 31.2 Å². The molecule has 5 nitrogen and oxygen atoms in total. The SMILES string of the molecule is Cc1ccc(NC(=O)[C@@H](OC(=O)c2cccc(C#N)c2)c2ccccc2)cc1. The van der Waals surface area contributed by atoms with Gasteiger partial charge in [-0.25, -0.2) is 4.79 Å². The molecule has 28 heavy (non-hydrogen) atoms. The van der Waals surface area contributed by atoms with E-state index in [-0.39, 0.29) is 5.56 Å². The van der Waals surface area contributed by atoms with Crippen LogP contribution in [0.5, 0.6) is 0 Å². The molecule has 0 saturated heterocycles. The number of benzene rings is 3. The molecule has 3 aromatic rings. The number of aryl methyl sites for hydroxylation is 1. The molecule has 0 spiro atoms. The highest BCUT2D eigenvalue weighted by Crippen LogP contribution is 2.22. The van der Waals surface area contributed by atoms with Crippen LogP contribution in [0.2, 0.25) is 0 Å². The van der Waals surface area contributed by atoms with Crippen LogP contribution in [0.4, 0.5) is 5.69 Å². The number of carbonyl (C=O) groups is 2. The Hall–Kier alpha value is -3.91. The summed E-state index contributed by atoms with van der Waals surface area (Å²) >= 11 is 0. The average molecular weight is 370 g/mol. The normalized spacial score (nSPS) is 11.1. The van der Waals surface area contributed by atoms with E-state index in [0.29, 0.717) is 16.8 Å². The maximum absolute atomic E-state index is 12.8. The van der Waals surface area contributed by atoms with E-state index in [9.17, 15) is 9.59 Å². The van der Waals surface area contributed by atoms with Crippen molar-refractivity contribution in [2.75, 3.05) is 5.32 Å². The van der Waals surface area contributed by atoms with Gasteiger partial charge in [-0.3, -0.25) is 4.79 Å². The predicted molar refractivity (Wildman–Crippen MR) is 106 cm³/mol. The number of anilines is 1. The fourth-order valence-electron chi connectivity index (χ4n) is 2.64. The Kier molecular flexibility index (Phi) is 5.83. The summed E-state index contributed by atoms with van der Waals surface area (Å²) in [7, 11) is 0. The van der Waals surface area contributed by atoms with Gasteiger partial charge in [-0.05, 0) is 37.3 Å². The second kappa shape index (κ2) is 8.65. The minimum Gasteiger partial charge on any atom is -0.444 e. The predicted octanol–water partition coefficient (Wildman–Crippen LogP) is 4.40. The topological polar surface area (TPSA) is 79.2 Å². The van der Waals surface area contributed by atoms with E-state index in [1.165, 1.54) is 6.07 Å². The quantitative estimate of drug-likeness (QED) is 0.675. The Morgan fingerprint density at radius 2 is 1.68 bits per heavy atom. The molecule has 1 atom stereocenters. The third-order valence-electron chi connectivity index (χ3n) is 4.11. The second-order valence-corrected chi connectivity index (χ2v) is 6.24. The summed E-state index contributed by atoms with van der Waals surface area (Å²) in [5, 5.41) is 11.8. The number of rotatable bonds is 5. The van der Waals surface area contributed by atoms with E-state index >= 15 is 0 Å². The zero-order valence-electron chi connectivity index (χ0n) is 15.3. The van der Waals surface area contributed by atoms with Gasteiger partial charge in [-0.2, -0.15) is 5.26 Å². The number of nitrogens with zero attached hydrogens (tertiary/aromatic N) is 1. The second-order valence-electron chi connectivity index (χ2n) is 6.24. The molecule has 0 aliphatic rings. The minimum atomic E-state index is -1.12. The van der Waals surface area contributed by atoms with Crippen LogP contribution < -0.4 is 5.32 Å². The number of hydrogen-bond donors (Lipinski definition) is 1. The van der Waals surface area contributed by atoms with Crippen LogP contribution in [-0.4, -0.2) is 11.9 Å². The number of nitriles is 1. The van der Waals surface area contributed by atoms with Crippen LogP contribution in [0.3, 0.4) is 0 Å². The first kappa shape index (κ1) is 18.9. The summed E-state index contributed by atoms with van der Waals surface area (Å²) in [5.41, 5.74) is 2.79. The van der Waals surface area contributed by atoms with Crippen LogP contribution in [0.1, 0.15) is 33.2 Å². The van der Waals surface area contributed by atoms with Gasteiger partial charge in [0.15, 0.2) is 0 Å². The van der Waals surface area contributed by atoms with Crippen molar-refractivity contribution in [3.05, 3.63) is 101 Å². The van der Waals surface area contributed by atoms with Crippen molar-refractivity contribution in [1.29, 1.82) is 5.26 Å². The molecule has 5 heteroatoms. The Morgan fingerprint density at radius 3 is 2.36 bits per heavy atom. The van der Waals surface area contributed by atoms with E-state index in [1.54, 1.807) is 54.6 Å². The summed E-state index contributed by atoms with van der Waals surface area (Å²) < 4.78 is 5.52. The molecule has 1 amide bonds. The lowest BCUT2D eigenvalue weighted by atomic mass is 10.1. The molecular formula is C23H18N2O3. The van der Waals surface area contributed by atoms with Gasteiger partial charge in [0, 0.05) is 11.3 Å². The first-order valence-electron chi connectivity index (χ1n) is 8.70. The fraction of sp³-hybridized carbons (Fsp3) is 0.0870. The zero-order valence-corrected chi connectivity index (χ0v) is 15.3. The molecule has 3 rings (SSSR count). The van der Waals surface area contributed by atoms with Crippen molar-refractivity contribution in [2.45, 2.75) is 13.0 Å². The first-order valence-corrected chi connectivity index (χ1v) is 8.70. The van der Waals surface area contributed by atoms with E-state index in [2.05, 4.69) is 5.32 Å². The van der Waals surface area contributed by atoms with Crippen molar-refractivity contribution in [3.63, 3.8) is 0 Å². The number of amides is 1. The molecule has 138 valence electrons. The average Bonchev–Trinajstić information content (AvgIpc) is 2.74. The Labute approximate surface area is 163 Å². The molecule has 0 aliphatic heterocycles. The summed E-state index contributed by atoms with van der Waals surface area (Å²) in [6.45, 7) is 1.95.